The second-order valence-corrected chi connectivity index (χ2v) is 5.83. The molecule has 3 nitrogen and oxygen atoms in total. The number of hydrogen-bond acceptors (Lipinski definition) is 3. The molecule has 21 heavy (non-hydrogen) atoms. The summed E-state index contributed by atoms with van der Waals surface area (Å²) in [5.74, 6) is 1.54. The summed E-state index contributed by atoms with van der Waals surface area (Å²) in [7, 11) is 1.64. The van der Waals surface area contributed by atoms with Gasteiger partial charge in [0, 0.05) is 29.7 Å². The van der Waals surface area contributed by atoms with Gasteiger partial charge in [0.25, 0.3) is 0 Å². The lowest BCUT2D eigenvalue weighted by Crippen LogP contribution is -2.34. The summed E-state index contributed by atoms with van der Waals surface area (Å²) in [5.41, 5.74) is 2.55. The van der Waals surface area contributed by atoms with Crippen LogP contribution in [0.2, 0.25) is 5.02 Å². The summed E-state index contributed by atoms with van der Waals surface area (Å²) in [6.45, 7) is 2.00. The summed E-state index contributed by atoms with van der Waals surface area (Å²) in [6, 6.07) is 12.2. The number of aromatic nitrogens is 1. The number of piperidine rings is 1. The van der Waals surface area contributed by atoms with Crippen molar-refractivity contribution in [3.63, 3.8) is 0 Å². The van der Waals surface area contributed by atoms with Crippen LogP contribution in [0.3, 0.4) is 0 Å². The Hall–Kier alpha value is -1.58. The number of halogens is 1. The lowest BCUT2D eigenvalue weighted by atomic mass is 9.78. The molecule has 4 heteroatoms. The first kappa shape index (κ1) is 14.4. The molecule has 0 spiro atoms. The Morgan fingerprint density at radius 3 is 2.81 bits per heavy atom. The van der Waals surface area contributed by atoms with Crippen LogP contribution < -0.4 is 10.1 Å². The van der Waals surface area contributed by atoms with Crippen molar-refractivity contribution in [2.24, 2.45) is 0 Å². The van der Waals surface area contributed by atoms with Gasteiger partial charge in [0.1, 0.15) is 0 Å². The first-order valence-electron chi connectivity index (χ1n) is 7.24. The van der Waals surface area contributed by atoms with Gasteiger partial charge in [-0.3, -0.25) is 0 Å². The molecule has 2 unspecified atom stereocenters. The fraction of sp³-hybridized carbons (Fsp3) is 0.353. The zero-order chi connectivity index (χ0) is 14.7. The average Bonchev–Trinajstić information content (AvgIpc) is 2.55. The Morgan fingerprint density at radius 1 is 1.19 bits per heavy atom. The van der Waals surface area contributed by atoms with Gasteiger partial charge in [0.05, 0.1) is 7.11 Å². The summed E-state index contributed by atoms with van der Waals surface area (Å²) in [4.78, 5) is 4.35. The van der Waals surface area contributed by atoms with E-state index >= 15 is 0 Å². The Kier molecular flexibility index (Phi) is 4.42. The van der Waals surface area contributed by atoms with Gasteiger partial charge in [-0.1, -0.05) is 29.8 Å². The zero-order valence-corrected chi connectivity index (χ0v) is 12.8. The highest BCUT2D eigenvalue weighted by atomic mass is 35.5. The van der Waals surface area contributed by atoms with Gasteiger partial charge in [-0.05, 0) is 42.1 Å². The summed E-state index contributed by atoms with van der Waals surface area (Å²) in [5, 5.41) is 4.28. The smallest absolute Gasteiger partial charge is 0.212 e. The Labute approximate surface area is 130 Å². The molecule has 1 aliphatic rings. The molecule has 3 rings (SSSR count). The first-order chi connectivity index (χ1) is 10.3. The van der Waals surface area contributed by atoms with E-state index in [0.717, 1.165) is 24.5 Å². The Morgan fingerprint density at radius 2 is 2.10 bits per heavy atom. The van der Waals surface area contributed by atoms with Crippen LogP contribution >= 0.6 is 11.6 Å². The first-order valence-corrected chi connectivity index (χ1v) is 7.62. The number of rotatable bonds is 3. The Balaban J connectivity index is 1.90. The third kappa shape index (κ3) is 3.20. The number of nitrogens with zero attached hydrogens (tertiary/aromatic N) is 1. The van der Waals surface area contributed by atoms with Crippen LogP contribution in [-0.4, -0.2) is 25.2 Å². The molecule has 2 atom stereocenters. The van der Waals surface area contributed by atoms with Gasteiger partial charge in [-0.2, -0.15) is 0 Å². The fourth-order valence-electron chi connectivity index (χ4n) is 3.08. The molecule has 0 saturated carbocycles. The maximum absolute atomic E-state index is 6.15. The van der Waals surface area contributed by atoms with Crippen molar-refractivity contribution in [2.45, 2.75) is 18.3 Å². The molecule has 0 bridgehead atoms. The molecular weight excluding hydrogens is 284 g/mol. The molecule has 1 aromatic heterocycles. The summed E-state index contributed by atoms with van der Waals surface area (Å²) in [6.07, 6.45) is 3.04. The molecule has 1 saturated heterocycles. The van der Waals surface area contributed by atoms with Crippen LogP contribution in [0.25, 0.3) is 0 Å². The molecule has 2 heterocycles. The SMILES string of the molecule is COc1ccc(C2CCNCC2c2cccc(Cl)c2)cn1. The standard InChI is InChI=1S/C17H19ClN2O/c1-21-17-6-5-13(10-20-17)15-7-8-19-11-16(15)12-3-2-4-14(18)9-12/h2-6,9-10,15-16,19H,7-8,11H2,1H3. The topological polar surface area (TPSA) is 34.1 Å². The largest absolute Gasteiger partial charge is 0.481 e. The molecule has 1 N–H and O–H groups in total. The highest BCUT2D eigenvalue weighted by molar-refractivity contribution is 6.30. The normalized spacial score (nSPS) is 22.0. The van der Waals surface area contributed by atoms with E-state index in [1.807, 2.05) is 24.4 Å². The van der Waals surface area contributed by atoms with Crippen molar-refractivity contribution in [1.82, 2.24) is 10.3 Å². The van der Waals surface area contributed by atoms with Crippen LogP contribution in [0.15, 0.2) is 42.6 Å². The molecule has 1 aromatic carbocycles. The number of ether oxygens (including phenoxy) is 1. The van der Waals surface area contributed by atoms with Crippen molar-refractivity contribution in [1.29, 1.82) is 0 Å². The van der Waals surface area contributed by atoms with E-state index in [-0.39, 0.29) is 0 Å². The molecule has 0 radical (unpaired) electrons. The number of methoxy groups -OCH3 is 1. The molecular formula is C17H19ClN2O. The van der Waals surface area contributed by atoms with Crippen molar-refractivity contribution in [3.8, 4) is 5.88 Å². The van der Waals surface area contributed by atoms with Gasteiger partial charge >= 0.3 is 0 Å². The minimum Gasteiger partial charge on any atom is -0.481 e. The van der Waals surface area contributed by atoms with Gasteiger partial charge in [-0.25, -0.2) is 4.98 Å². The van der Waals surface area contributed by atoms with Crippen LogP contribution in [0, 0.1) is 0 Å². The van der Waals surface area contributed by atoms with E-state index in [0.29, 0.717) is 17.7 Å². The molecule has 2 aromatic rings. The van der Waals surface area contributed by atoms with E-state index in [2.05, 4.69) is 28.5 Å². The second-order valence-electron chi connectivity index (χ2n) is 5.39. The molecule has 0 amide bonds. The maximum atomic E-state index is 6.15. The van der Waals surface area contributed by atoms with E-state index < -0.39 is 0 Å². The van der Waals surface area contributed by atoms with E-state index in [1.165, 1.54) is 11.1 Å². The highest BCUT2D eigenvalue weighted by Gasteiger charge is 2.28. The van der Waals surface area contributed by atoms with Crippen LogP contribution in [0.4, 0.5) is 0 Å². The van der Waals surface area contributed by atoms with Gasteiger partial charge in [0.2, 0.25) is 5.88 Å². The molecule has 1 aliphatic heterocycles. The summed E-state index contributed by atoms with van der Waals surface area (Å²) < 4.78 is 5.14. The minimum atomic E-state index is 0.424. The lowest BCUT2D eigenvalue weighted by molar-refractivity contribution is 0.390. The van der Waals surface area contributed by atoms with Gasteiger partial charge in [0.15, 0.2) is 0 Å². The number of benzene rings is 1. The predicted octanol–water partition coefficient (Wildman–Crippen LogP) is 3.60. The predicted molar refractivity (Wildman–Crippen MR) is 85.2 cm³/mol. The van der Waals surface area contributed by atoms with Crippen LogP contribution in [0.1, 0.15) is 29.4 Å². The van der Waals surface area contributed by atoms with Crippen LogP contribution in [-0.2, 0) is 0 Å². The van der Waals surface area contributed by atoms with Crippen LogP contribution in [0.5, 0.6) is 5.88 Å². The zero-order valence-electron chi connectivity index (χ0n) is 12.1. The van der Waals surface area contributed by atoms with Gasteiger partial charge in [-0.15, -0.1) is 0 Å². The maximum Gasteiger partial charge on any atom is 0.212 e. The van der Waals surface area contributed by atoms with Crippen molar-refractivity contribution >= 4 is 11.6 Å². The lowest BCUT2D eigenvalue weighted by Gasteiger charge is -2.33. The third-order valence-electron chi connectivity index (χ3n) is 4.16. The van der Waals surface area contributed by atoms with Gasteiger partial charge < -0.3 is 10.1 Å². The fourth-order valence-corrected chi connectivity index (χ4v) is 3.28. The molecule has 0 aliphatic carbocycles. The average molecular weight is 303 g/mol. The summed E-state index contributed by atoms with van der Waals surface area (Å²) >= 11 is 6.15. The number of hydrogen-bond donors (Lipinski definition) is 1. The molecule has 1 fully saturated rings. The monoisotopic (exact) mass is 302 g/mol. The Bertz CT molecular complexity index is 600. The quantitative estimate of drug-likeness (QED) is 0.940. The van der Waals surface area contributed by atoms with Crippen molar-refractivity contribution in [3.05, 3.63) is 58.7 Å². The van der Waals surface area contributed by atoms with E-state index in [1.54, 1.807) is 7.11 Å². The highest BCUT2D eigenvalue weighted by Crippen LogP contribution is 2.37. The van der Waals surface area contributed by atoms with E-state index in [4.69, 9.17) is 16.3 Å². The van der Waals surface area contributed by atoms with Crippen molar-refractivity contribution in [2.75, 3.05) is 20.2 Å². The molecule has 110 valence electrons. The minimum absolute atomic E-state index is 0.424. The van der Waals surface area contributed by atoms with Crippen molar-refractivity contribution < 1.29 is 4.74 Å². The third-order valence-corrected chi connectivity index (χ3v) is 4.39. The van der Waals surface area contributed by atoms with E-state index in [9.17, 15) is 0 Å². The number of nitrogens with one attached hydrogen (secondary N) is 1. The second kappa shape index (κ2) is 6.46. The number of pyridine rings is 1.